The number of carbonyl (C=O) groups is 2. The van der Waals surface area contributed by atoms with Crippen molar-refractivity contribution in [3.8, 4) is 0 Å². The van der Waals surface area contributed by atoms with E-state index in [0.717, 1.165) is 16.7 Å². The Hall–Kier alpha value is -3.60. The molecular formula is C23H22N2O3. The molecule has 0 fully saturated rings. The monoisotopic (exact) mass is 374 g/mol. The van der Waals surface area contributed by atoms with Crippen LogP contribution in [-0.4, -0.2) is 11.8 Å². The minimum atomic E-state index is -0.425. The highest BCUT2D eigenvalue weighted by Crippen LogP contribution is 2.19. The Morgan fingerprint density at radius 2 is 1.68 bits per heavy atom. The maximum absolute atomic E-state index is 12.9. The van der Waals surface area contributed by atoms with E-state index in [0.29, 0.717) is 17.0 Å². The fourth-order valence-corrected chi connectivity index (χ4v) is 2.65. The first-order valence-electron chi connectivity index (χ1n) is 8.95. The number of carbonyl (C=O) groups excluding carboxylic acids is 2. The molecule has 0 spiro atoms. The lowest BCUT2D eigenvalue weighted by Gasteiger charge is -2.13. The van der Waals surface area contributed by atoms with Crippen LogP contribution in [0, 0.1) is 20.8 Å². The fraction of sp³-hybridized carbons (Fsp3) is 0.130. The number of hydrogen-bond acceptors (Lipinski definition) is 3. The number of furan rings is 1. The molecule has 2 N–H and O–H groups in total. The van der Waals surface area contributed by atoms with Crippen LogP contribution in [-0.2, 0) is 4.79 Å². The van der Waals surface area contributed by atoms with Gasteiger partial charge in [-0.15, -0.1) is 0 Å². The first-order valence-corrected chi connectivity index (χ1v) is 8.95. The van der Waals surface area contributed by atoms with Gasteiger partial charge in [0, 0.05) is 17.3 Å². The van der Waals surface area contributed by atoms with Gasteiger partial charge in [0.1, 0.15) is 11.5 Å². The molecule has 28 heavy (non-hydrogen) atoms. The van der Waals surface area contributed by atoms with Gasteiger partial charge in [0.15, 0.2) is 0 Å². The standard InChI is InChI=1S/C23H22N2O3/c1-15-9-11-18(12-10-15)22(26)25-21(14-19-7-5-13-28-19)23(27)24-20-8-4-6-16(2)17(20)3/h4-14H,1-3H3,(H,24,27)(H,25,26)/b21-14-. The molecule has 5 heteroatoms. The molecule has 1 aromatic heterocycles. The molecule has 0 atom stereocenters. The lowest BCUT2D eigenvalue weighted by molar-refractivity contribution is -0.113. The van der Waals surface area contributed by atoms with Crippen molar-refractivity contribution in [1.82, 2.24) is 5.32 Å². The Kier molecular flexibility index (Phi) is 5.75. The normalized spacial score (nSPS) is 11.2. The van der Waals surface area contributed by atoms with E-state index >= 15 is 0 Å². The van der Waals surface area contributed by atoms with Crippen LogP contribution in [0.5, 0.6) is 0 Å². The summed E-state index contributed by atoms with van der Waals surface area (Å²) in [4.78, 5) is 25.5. The summed E-state index contributed by atoms with van der Waals surface area (Å²) in [7, 11) is 0. The van der Waals surface area contributed by atoms with Gasteiger partial charge in [-0.05, 0) is 62.2 Å². The Balaban J connectivity index is 1.86. The second-order valence-corrected chi connectivity index (χ2v) is 6.60. The predicted molar refractivity (Wildman–Crippen MR) is 110 cm³/mol. The summed E-state index contributed by atoms with van der Waals surface area (Å²) in [5, 5.41) is 5.56. The van der Waals surface area contributed by atoms with Gasteiger partial charge >= 0.3 is 0 Å². The maximum atomic E-state index is 12.9. The third-order valence-corrected chi connectivity index (χ3v) is 4.49. The van der Waals surface area contributed by atoms with E-state index in [1.54, 1.807) is 24.3 Å². The summed E-state index contributed by atoms with van der Waals surface area (Å²) in [6.45, 7) is 5.86. The highest BCUT2D eigenvalue weighted by Gasteiger charge is 2.16. The highest BCUT2D eigenvalue weighted by molar-refractivity contribution is 6.10. The average Bonchev–Trinajstić information content (AvgIpc) is 3.18. The van der Waals surface area contributed by atoms with Crippen molar-refractivity contribution < 1.29 is 14.0 Å². The quantitative estimate of drug-likeness (QED) is 0.641. The number of hydrogen-bond donors (Lipinski definition) is 2. The molecule has 0 radical (unpaired) electrons. The Morgan fingerprint density at radius 1 is 0.929 bits per heavy atom. The molecule has 0 saturated heterocycles. The van der Waals surface area contributed by atoms with Crippen LogP contribution < -0.4 is 10.6 Å². The first kappa shape index (κ1) is 19.2. The molecule has 0 unspecified atom stereocenters. The smallest absolute Gasteiger partial charge is 0.272 e. The molecular weight excluding hydrogens is 352 g/mol. The number of anilines is 1. The van der Waals surface area contributed by atoms with Crippen molar-refractivity contribution in [3.63, 3.8) is 0 Å². The van der Waals surface area contributed by atoms with Crippen molar-refractivity contribution in [2.45, 2.75) is 20.8 Å². The third-order valence-electron chi connectivity index (χ3n) is 4.49. The lowest BCUT2D eigenvalue weighted by atomic mass is 10.1. The van der Waals surface area contributed by atoms with Crippen LogP contribution in [0.15, 0.2) is 71.0 Å². The molecule has 3 rings (SSSR count). The van der Waals surface area contributed by atoms with Gasteiger partial charge < -0.3 is 15.1 Å². The molecule has 0 aliphatic heterocycles. The summed E-state index contributed by atoms with van der Waals surface area (Å²) in [5.74, 6) is -0.324. The van der Waals surface area contributed by atoms with Crippen molar-refractivity contribution in [1.29, 1.82) is 0 Å². The zero-order valence-electron chi connectivity index (χ0n) is 16.1. The van der Waals surface area contributed by atoms with Crippen LogP contribution in [0.2, 0.25) is 0 Å². The molecule has 0 aliphatic rings. The van der Waals surface area contributed by atoms with Crippen LogP contribution in [0.3, 0.4) is 0 Å². The van der Waals surface area contributed by atoms with Gasteiger partial charge in [-0.25, -0.2) is 0 Å². The SMILES string of the molecule is Cc1ccc(C(=O)N/C(=C\c2ccco2)C(=O)Nc2cccc(C)c2C)cc1. The molecule has 1 heterocycles. The van der Waals surface area contributed by atoms with Crippen LogP contribution >= 0.6 is 0 Å². The lowest BCUT2D eigenvalue weighted by Crippen LogP contribution is -2.31. The Labute approximate surface area is 164 Å². The van der Waals surface area contributed by atoms with Gasteiger partial charge in [0.25, 0.3) is 11.8 Å². The molecule has 0 saturated carbocycles. The van der Waals surface area contributed by atoms with E-state index < -0.39 is 5.91 Å². The molecule has 3 aromatic rings. The topological polar surface area (TPSA) is 71.3 Å². The van der Waals surface area contributed by atoms with Gasteiger partial charge in [-0.2, -0.15) is 0 Å². The van der Waals surface area contributed by atoms with E-state index in [4.69, 9.17) is 4.42 Å². The summed E-state index contributed by atoms with van der Waals surface area (Å²) in [6, 6.07) is 16.2. The second kappa shape index (κ2) is 8.39. The molecule has 5 nitrogen and oxygen atoms in total. The molecule has 0 bridgehead atoms. The number of rotatable bonds is 5. The fourth-order valence-electron chi connectivity index (χ4n) is 2.65. The summed E-state index contributed by atoms with van der Waals surface area (Å²) >= 11 is 0. The van der Waals surface area contributed by atoms with Crippen LogP contribution in [0.1, 0.15) is 32.8 Å². The van der Waals surface area contributed by atoms with Crippen LogP contribution in [0.25, 0.3) is 6.08 Å². The van der Waals surface area contributed by atoms with Crippen molar-refractivity contribution in [2.24, 2.45) is 0 Å². The van der Waals surface area contributed by atoms with E-state index in [1.807, 2.05) is 51.1 Å². The average molecular weight is 374 g/mol. The minimum Gasteiger partial charge on any atom is -0.465 e. The highest BCUT2D eigenvalue weighted by atomic mass is 16.3. The Morgan fingerprint density at radius 3 is 2.36 bits per heavy atom. The zero-order valence-corrected chi connectivity index (χ0v) is 16.1. The summed E-state index contributed by atoms with van der Waals surface area (Å²) < 4.78 is 5.30. The molecule has 2 aromatic carbocycles. The molecule has 2 amide bonds. The van der Waals surface area contributed by atoms with Crippen molar-refractivity contribution in [3.05, 3.63) is 94.6 Å². The van der Waals surface area contributed by atoms with Crippen molar-refractivity contribution in [2.75, 3.05) is 5.32 Å². The van der Waals surface area contributed by atoms with Gasteiger partial charge in [0.05, 0.1) is 6.26 Å². The van der Waals surface area contributed by atoms with E-state index in [1.165, 1.54) is 12.3 Å². The number of nitrogens with one attached hydrogen (secondary N) is 2. The largest absolute Gasteiger partial charge is 0.465 e. The number of benzene rings is 2. The van der Waals surface area contributed by atoms with E-state index in [2.05, 4.69) is 10.6 Å². The van der Waals surface area contributed by atoms with Crippen LogP contribution in [0.4, 0.5) is 5.69 Å². The summed E-state index contributed by atoms with van der Waals surface area (Å²) in [6.07, 6.45) is 3.01. The molecule has 0 aliphatic carbocycles. The maximum Gasteiger partial charge on any atom is 0.272 e. The van der Waals surface area contributed by atoms with E-state index in [-0.39, 0.29) is 11.6 Å². The third kappa shape index (κ3) is 4.57. The zero-order chi connectivity index (χ0) is 20.1. The Bertz CT molecular complexity index is 1020. The predicted octanol–water partition coefficient (Wildman–Crippen LogP) is 4.61. The van der Waals surface area contributed by atoms with Gasteiger partial charge in [0.2, 0.25) is 0 Å². The first-order chi connectivity index (χ1) is 13.4. The van der Waals surface area contributed by atoms with E-state index in [9.17, 15) is 9.59 Å². The minimum absolute atomic E-state index is 0.0985. The van der Waals surface area contributed by atoms with Gasteiger partial charge in [-0.3, -0.25) is 9.59 Å². The number of aryl methyl sites for hydroxylation is 2. The molecule has 142 valence electrons. The van der Waals surface area contributed by atoms with Crippen molar-refractivity contribution >= 4 is 23.6 Å². The number of amides is 2. The second-order valence-electron chi connectivity index (χ2n) is 6.60. The summed E-state index contributed by atoms with van der Waals surface area (Å²) in [5.41, 5.74) is 4.35. The van der Waals surface area contributed by atoms with Gasteiger partial charge in [-0.1, -0.05) is 29.8 Å².